The smallest absolute Gasteiger partial charge is 0.246 e. The van der Waals surface area contributed by atoms with Gasteiger partial charge in [0.2, 0.25) is 10.0 Å². The Kier molecular flexibility index (Phi) is 3.24. The van der Waals surface area contributed by atoms with Crippen molar-refractivity contribution in [3.8, 4) is 0 Å². The van der Waals surface area contributed by atoms with Crippen molar-refractivity contribution in [3.63, 3.8) is 0 Å². The summed E-state index contributed by atoms with van der Waals surface area (Å²) in [5, 5.41) is 8.13. The fraction of sp³-hybridized carbons (Fsp3) is 0.429. The van der Waals surface area contributed by atoms with E-state index in [0.717, 1.165) is 35.0 Å². The third-order valence-electron chi connectivity index (χ3n) is 4.24. The van der Waals surface area contributed by atoms with Gasteiger partial charge in [0.1, 0.15) is 16.5 Å². The summed E-state index contributed by atoms with van der Waals surface area (Å²) in [4.78, 5) is -0.505. The molecule has 6 nitrogen and oxygen atoms in total. The van der Waals surface area contributed by atoms with Gasteiger partial charge in [-0.1, -0.05) is 5.21 Å². The molecule has 2 fully saturated rings. The second-order valence-corrected chi connectivity index (χ2v) is 7.85. The van der Waals surface area contributed by atoms with Gasteiger partial charge in [0.05, 0.1) is 11.7 Å². The monoisotopic (exact) mass is 340 g/mol. The van der Waals surface area contributed by atoms with Gasteiger partial charge in [-0.25, -0.2) is 21.9 Å². The van der Waals surface area contributed by atoms with Crippen molar-refractivity contribution in [3.05, 3.63) is 41.7 Å². The Morgan fingerprint density at radius 2 is 1.91 bits per heavy atom. The molecule has 9 heteroatoms. The van der Waals surface area contributed by atoms with Crippen LogP contribution in [0, 0.1) is 11.6 Å². The van der Waals surface area contributed by atoms with Gasteiger partial charge in [0.25, 0.3) is 0 Å². The lowest BCUT2D eigenvalue weighted by molar-refractivity contribution is 0.188. The molecule has 1 aromatic heterocycles. The van der Waals surface area contributed by atoms with Gasteiger partial charge in [0.15, 0.2) is 0 Å². The van der Waals surface area contributed by atoms with E-state index in [-0.39, 0.29) is 19.1 Å². The first-order valence-electron chi connectivity index (χ1n) is 7.32. The zero-order chi connectivity index (χ0) is 16.2. The Bertz CT molecular complexity index is 857. The van der Waals surface area contributed by atoms with Crippen molar-refractivity contribution in [1.29, 1.82) is 0 Å². The van der Waals surface area contributed by atoms with E-state index in [4.69, 9.17) is 0 Å². The van der Waals surface area contributed by atoms with Crippen molar-refractivity contribution in [2.24, 2.45) is 0 Å². The Morgan fingerprint density at radius 3 is 2.57 bits per heavy atom. The highest BCUT2D eigenvalue weighted by Crippen LogP contribution is 2.39. The minimum Gasteiger partial charge on any atom is -0.247 e. The SMILES string of the molecule is O=S(=O)(c1ccc(F)cc1F)N1CC(n2cc(C3CC3)nn2)C1. The van der Waals surface area contributed by atoms with Crippen LogP contribution in [0.5, 0.6) is 0 Å². The average molecular weight is 340 g/mol. The third kappa shape index (κ3) is 2.53. The summed E-state index contributed by atoms with van der Waals surface area (Å²) in [6, 6.07) is 2.36. The number of nitrogens with zero attached hydrogens (tertiary/aromatic N) is 4. The maximum absolute atomic E-state index is 13.7. The van der Waals surface area contributed by atoms with E-state index in [1.807, 2.05) is 6.20 Å². The second kappa shape index (κ2) is 5.07. The van der Waals surface area contributed by atoms with Gasteiger partial charge in [-0.05, 0) is 25.0 Å². The molecule has 1 aliphatic heterocycles. The number of halogens is 2. The van der Waals surface area contributed by atoms with Crippen LogP contribution in [0.1, 0.15) is 30.5 Å². The molecule has 0 amide bonds. The molecule has 0 atom stereocenters. The molecular formula is C14H14F2N4O2S. The van der Waals surface area contributed by atoms with Gasteiger partial charge in [-0.2, -0.15) is 4.31 Å². The third-order valence-corrected chi connectivity index (χ3v) is 6.10. The van der Waals surface area contributed by atoms with E-state index in [1.54, 1.807) is 4.68 Å². The first-order valence-corrected chi connectivity index (χ1v) is 8.76. The lowest BCUT2D eigenvalue weighted by Gasteiger charge is -2.37. The number of benzene rings is 1. The van der Waals surface area contributed by atoms with Gasteiger partial charge in [0, 0.05) is 31.3 Å². The maximum atomic E-state index is 13.7. The number of hydrogen-bond donors (Lipinski definition) is 0. The molecule has 2 aromatic rings. The van der Waals surface area contributed by atoms with Crippen LogP contribution < -0.4 is 0 Å². The zero-order valence-electron chi connectivity index (χ0n) is 12.1. The zero-order valence-corrected chi connectivity index (χ0v) is 12.9. The van der Waals surface area contributed by atoms with Gasteiger partial charge in [-0.15, -0.1) is 5.10 Å². The van der Waals surface area contributed by atoms with Gasteiger partial charge >= 0.3 is 0 Å². The predicted molar refractivity (Wildman–Crippen MR) is 76.2 cm³/mol. The molecule has 1 aliphatic carbocycles. The van der Waals surface area contributed by atoms with Crippen molar-refractivity contribution >= 4 is 10.0 Å². The largest absolute Gasteiger partial charge is 0.247 e. The summed E-state index contributed by atoms with van der Waals surface area (Å²) in [6.07, 6.45) is 4.09. The highest BCUT2D eigenvalue weighted by molar-refractivity contribution is 7.89. The minimum absolute atomic E-state index is 0.103. The molecule has 1 saturated carbocycles. The molecule has 0 radical (unpaired) electrons. The Hall–Kier alpha value is -1.87. The predicted octanol–water partition coefficient (Wildman–Crippen LogP) is 1.68. The normalized spacial score (nSPS) is 19.7. The Labute approximate surface area is 131 Å². The van der Waals surface area contributed by atoms with E-state index in [0.29, 0.717) is 12.0 Å². The topological polar surface area (TPSA) is 68.1 Å². The van der Waals surface area contributed by atoms with Crippen LogP contribution in [0.3, 0.4) is 0 Å². The van der Waals surface area contributed by atoms with Crippen LogP contribution in [0.2, 0.25) is 0 Å². The van der Waals surface area contributed by atoms with Crippen LogP contribution in [-0.4, -0.2) is 40.8 Å². The fourth-order valence-electron chi connectivity index (χ4n) is 2.64. The summed E-state index contributed by atoms with van der Waals surface area (Å²) in [5.41, 5.74) is 0.941. The Balaban J connectivity index is 1.49. The fourth-order valence-corrected chi connectivity index (χ4v) is 4.20. The lowest BCUT2D eigenvalue weighted by Crippen LogP contribution is -2.50. The van der Waals surface area contributed by atoms with Crippen LogP contribution in [0.25, 0.3) is 0 Å². The van der Waals surface area contributed by atoms with Crippen LogP contribution in [0.4, 0.5) is 8.78 Å². The summed E-state index contributed by atoms with van der Waals surface area (Å²) >= 11 is 0. The van der Waals surface area contributed by atoms with Gasteiger partial charge in [-0.3, -0.25) is 0 Å². The molecule has 0 spiro atoms. The van der Waals surface area contributed by atoms with Crippen LogP contribution in [0.15, 0.2) is 29.3 Å². The Morgan fingerprint density at radius 1 is 1.17 bits per heavy atom. The summed E-state index contributed by atoms with van der Waals surface area (Å²) < 4.78 is 54.2. The maximum Gasteiger partial charge on any atom is 0.246 e. The van der Waals surface area contributed by atoms with E-state index in [9.17, 15) is 17.2 Å². The van der Waals surface area contributed by atoms with Crippen molar-refractivity contribution in [2.45, 2.75) is 29.7 Å². The first kappa shape index (κ1) is 14.7. The molecule has 0 N–H and O–H groups in total. The van der Waals surface area contributed by atoms with Crippen molar-refractivity contribution < 1.29 is 17.2 Å². The van der Waals surface area contributed by atoms with Crippen LogP contribution >= 0.6 is 0 Å². The number of aromatic nitrogens is 3. The number of rotatable bonds is 4. The van der Waals surface area contributed by atoms with E-state index in [1.165, 1.54) is 0 Å². The highest BCUT2D eigenvalue weighted by Gasteiger charge is 2.40. The quantitative estimate of drug-likeness (QED) is 0.849. The van der Waals surface area contributed by atoms with Gasteiger partial charge < -0.3 is 0 Å². The van der Waals surface area contributed by atoms with E-state index < -0.39 is 26.6 Å². The number of sulfonamides is 1. The minimum atomic E-state index is -3.96. The molecule has 2 heterocycles. The average Bonchev–Trinajstić information content (AvgIpc) is 3.16. The standard InChI is InChI=1S/C14H14F2N4O2S/c15-10-3-4-14(12(16)5-10)23(21,22)19-6-11(7-19)20-8-13(17-18-20)9-1-2-9/h3-5,8-9,11H,1-2,6-7H2. The molecule has 122 valence electrons. The molecule has 1 aromatic carbocycles. The highest BCUT2D eigenvalue weighted by atomic mass is 32.2. The summed E-state index contributed by atoms with van der Waals surface area (Å²) in [7, 11) is -3.96. The number of hydrogen-bond acceptors (Lipinski definition) is 4. The first-order chi connectivity index (χ1) is 10.9. The summed E-state index contributed by atoms with van der Waals surface area (Å²) in [6.45, 7) is 0.402. The molecule has 4 rings (SSSR count). The van der Waals surface area contributed by atoms with E-state index >= 15 is 0 Å². The summed E-state index contributed by atoms with van der Waals surface area (Å²) in [5.74, 6) is -1.40. The molecular weight excluding hydrogens is 326 g/mol. The lowest BCUT2D eigenvalue weighted by atomic mass is 10.2. The molecule has 23 heavy (non-hydrogen) atoms. The van der Waals surface area contributed by atoms with Crippen molar-refractivity contribution in [1.82, 2.24) is 19.3 Å². The van der Waals surface area contributed by atoms with Crippen molar-refractivity contribution in [2.75, 3.05) is 13.1 Å². The van der Waals surface area contributed by atoms with Crippen LogP contribution in [-0.2, 0) is 10.0 Å². The molecule has 0 unspecified atom stereocenters. The second-order valence-electron chi connectivity index (χ2n) is 5.95. The molecule has 0 bridgehead atoms. The molecule has 1 saturated heterocycles. The van der Waals surface area contributed by atoms with E-state index in [2.05, 4.69) is 10.3 Å². The molecule has 2 aliphatic rings.